The number of thiophene rings is 1. The minimum absolute atomic E-state index is 0.135. The Balaban J connectivity index is 1.25. The summed E-state index contributed by atoms with van der Waals surface area (Å²) in [5.41, 5.74) is 1.16. The zero-order valence-electron chi connectivity index (χ0n) is 18.1. The van der Waals surface area contributed by atoms with Crippen molar-refractivity contribution in [2.45, 2.75) is 29.4 Å². The number of hydrogen-bond donors (Lipinski definition) is 0. The summed E-state index contributed by atoms with van der Waals surface area (Å²) in [6, 6.07) is 8.56. The number of carbonyl (C=O) groups is 1. The first-order chi connectivity index (χ1) is 16.0. The van der Waals surface area contributed by atoms with Crippen LogP contribution in [0.5, 0.6) is 5.75 Å². The molecule has 0 N–H and O–H groups in total. The third-order valence-corrected chi connectivity index (χ3v) is 9.48. The number of nitrogens with zero attached hydrogens (tertiary/aromatic N) is 4. The normalized spacial score (nSPS) is 17.7. The second kappa shape index (κ2) is 8.88. The summed E-state index contributed by atoms with van der Waals surface area (Å²) in [5, 5.41) is 5.77. The Hall–Kier alpha value is -2.76. The van der Waals surface area contributed by atoms with Gasteiger partial charge < -0.3 is 14.2 Å². The fourth-order valence-electron chi connectivity index (χ4n) is 3.94. The molecule has 1 saturated heterocycles. The first-order valence-electron chi connectivity index (χ1n) is 10.8. The number of ether oxygens (including phenoxy) is 1. The van der Waals surface area contributed by atoms with E-state index in [4.69, 9.17) is 9.26 Å². The van der Waals surface area contributed by atoms with E-state index in [2.05, 4.69) is 10.1 Å². The molecule has 1 aliphatic heterocycles. The second-order valence-corrected chi connectivity index (χ2v) is 11.2. The Morgan fingerprint density at radius 1 is 1.18 bits per heavy atom. The standard InChI is InChI=1S/C22H24N4O5S2/c1-30-18-7-3-6-16(12-18)22(27)25-8-10-26(11-9-25)33(28,29)19-13-17(14-32-19)20-23-21(31-24-20)15-4-2-5-15/h3,6-7,12-15H,2,4-5,8-11H2,1H3. The highest BCUT2D eigenvalue weighted by atomic mass is 32.2. The van der Waals surface area contributed by atoms with E-state index in [1.54, 1.807) is 47.7 Å². The summed E-state index contributed by atoms with van der Waals surface area (Å²) >= 11 is 1.14. The largest absolute Gasteiger partial charge is 0.497 e. The molecule has 3 aromatic rings. The number of aromatic nitrogens is 2. The summed E-state index contributed by atoms with van der Waals surface area (Å²) in [7, 11) is -2.12. The highest BCUT2D eigenvalue weighted by Gasteiger charge is 2.32. The molecular weight excluding hydrogens is 464 g/mol. The van der Waals surface area contributed by atoms with Gasteiger partial charge in [-0.2, -0.15) is 9.29 Å². The maximum Gasteiger partial charge on any atom is 0.254 e. The van der Waals surface area contributed by atoms with Crippen LogP contribution in [-0.2, 0) is 10.0 Å². The van der Waals surface area contributed by atoms with Gasteiger partial charge in [0, 0.05) is 48.6 Å². The molecule has 5 rings (SSSR count). The van der Waals surface area contributed by atoms with Crippen LogP contribution in [0.4, 0.5) is 0 Å². The Labute approximate surface area is 196 Å². The summed E-state index contributed by atoms with van der Waals surface area (Å²) in [5.74, 6) is 1.84. The van der Waals surface area contributed by atoms with Crippen molar-refractivity contribution in [3.8, 4) is 17.1 Å². The molecule has 11 heteroatoms. The molecule has 9 nitrogen and oxygen atoms in total. The fraction of sp³-hybridized carbons (Fsp3) is 0.409. The average Bonchev–Trinajstić information content (AvgIpc) is 3.48. The predicted molar refractivity (Wildman–Crippen MR) is 122 cm³/mol. The van der Waals surface area contributed by atoms with Crippen molar-refractivity contribution in [1.29, 1.82) is 0 Å². The Morgan fingerprint density at radius 3 is 2.67 bits per heavy atom. The van der Waals surface area contributed by atoms with Crippen LogP contribution in [0, 0.1) is 0 Å². The topological polar surface area (TPSA) is 106 Å². The van der Waals surface area contributed by atoms with E-state index in [9.17, 15) is 13.2 Å². The molecule has 33 heavy (non-hydrogen) atoms. The van der Waals surface area contributed by atoms with Crippen molar-refractivity contribution in [3.05, 3.63) is 47.2 Å². The summed E-state index contributed by atoms with van der Waals surface area (Å²) < 4.78 is 38.6. The lowest BCUT2D eigenvalue weighted by atomic mass is 9.85. The molecule has 0 spiro atoms. The molecule has 2 aliphatic rings. The molecule has 0 unspecified atom stereocenters. The van der Waals surface area contributed by atoms with Crippen LogP contribution in [0.3, 0.4) is 0 Å². The van der Waals surface area contributed by atoms with Crippen LogP contribution < -0.4 is 4.74 Å². The smallest absolute Gasteiger partial charge is 0.254 e. The molecule has 2 aromatic heterocycles. The number of hydrogen-bond acceptors (Lipinski definition) is 8. The van der Waals surface area contributed by atoms with Gasteiger partial charge in [0.05, 0.1) is 7.11 Å². The molecule has 1 saturated carbocycles. The van der Waals surface area contributed by atoms with E-state index < -0.39 is 10.0 Å². The lowest BCUT2D eigenvalue weighted by Crippen LogP contribution is -2.50. The average molecular weight is 489 g/mol. The van der Waals surface area contributed by atoms with Gasteiger partial charge in [0.25, 0.3) is 15.9 Å². The Bertz CT molecular complexity index is 1260. The van der Waals surface area contributed by atoms with Crippen LogP contribution in [-0.4, -0.2) is 67.0 Å². The third kappa shape index (κ3) is 4.28. The molecule has 3 heterocycles. The lowest BCUT2D eigenvalue weighted by Gasteiger charge is -2.33. The monoisotopic (exact) mass is 488 g/mol. The van der Waals surface area contributed by atoms with Crippen molar-refractivity contribution in [1.82, 2.24) is 19.3 Å². The highest BCUT2D eigenvalue weighted by Crippen LogP contribution is 2.37. The molecule has 1 amide bonds. The van der Waals surface area contributed by atoms with Crippen molar-refractivity contribution < 1.29 is 22.5 Å². The third-order valence-electron chi connectivity index (χ3n) is 6.17. The number of piperazine rings is 1. The molecule has 1 aliphatic carbocycles. The van der Waals surface area contributed by atoms with E-state index in [-0.39, 0.29) is 23.2 Å². The summed E-state index contributed by atoms with van der Waals surface area (Å²) in [6.07, 6.45) is 3.27. The van der Waals surface area contributed by atoms with Gasteiger partial charge >= 0.3 is 0 Å². The number of amides is 1. The van der Waals surface area contributed by atoms with Gasteiger partial charge in [-0.1, -0.05) is 17.6 Å². The molecule has 0 bridgehead atoms. The molecule has 0 radical (unpaired) electrons. The number of sulfonamides is 1. The van der Waals surface area contributed by atoms with E-state index >= 15 is 0 Å². The van der Waals surface area contributed by atoms with Gasteiger partial charge in [-0.3, -0.25) is 4.79 Å². The zero-order chi connectivity index (χ0) is 23.0. The SMILES string of the molecule is COc1cccc(C(=O)N2CCN(S(=O)(=O)c3cc(-c4noc(C5CCC5)n4)cs3)CC2)c1. The van der Waals surface area contributed by atoms with Crippen molar-refractivity contribution >= 4 is 27.3 Å². The van der Waals surface area contributed by atoms with Gasteiger partial charge in [-0.05, 0) is 37.1 Å². The minimum Gasteiger partial charge on any atom is -0.497 e. The number of methoxy groups -OCH3 is 1. The maximum absolute atomic E-state index is 13.2. The van der Waals surface area contributed by atoms with Gasteiger partial charge in [-0.15, -0.1) is 11.3 Å². The number of rotatable bonds is 6. The number of benzene rings is 1. The van der Waals surface area contributed by atoms with Gasteiger partial charge in [0.15, 0.2) is 0 Å². The van der Waals surface area contributed by atoms with E-state index in [1.165, 1.54) is 10.7 Å². The van der Waals surface area contributed by atoms with Crippen molar-refractivity contribution in [2.75, 3.05) is 33.3 Å². The summed E-state index contributed by atoms with van der Waals surface area (Å²) in [4.78, 5) is 18.9. The van der Waals surface area contributed by atoms with Crippen LogP contribution in [0.2, 0.25) is 0 Å². The van der Waals surface area contributed by atoms with Gasteiger partial charge in [0.1, 0.15) is 9.96 Å². The number of carbonyl (C=O) groups excluding carboxylic acids is 1. The zero-order valence-corrected chi connectivity index (χ0v) is 19.8. The Kier molecular flexibility index (Phi) is 5.94. The van der Waals surface area contributed by atoms with E-state index in [1.807, 2.05) is 0 Å². The minimum atomic E-state index is -3.67. The van der Waals surface area contributed by atoms with Crippen LogP contribution in [0.15, 0.2) is 44.4 Å². The van der Waals surface area contributed by atoms with Gasteiger partial charge in [-0.25, -0.2) is 8.42 Å². The van der Waals surface area contributed by atoms with Crippen LogP contribution >= 0.6 is 11.3 Å². The molecule has 1 aromatic carbocycles. The predicted octanol–water partition coefficient (Wildman–Crippen LogP) is 3.22. The first-order valence-corrected chi connectivity index (χ1v) is 13.1. The van der Waals surface area contributed by atoms with E-state index in [0.717, 1.165) is 24.2 Å². The molecule has 0 atom stereocenters. The molecular formula is C22H24N4O5S2. The van der Waals surface area contributed by atoms with Crippen molar-refractivity contribution in [2.24, 2.45) is 0 Å². The van der Waals surface area contributed by atoms with Crippen LogP contribution in [0.1, 0.15) is 41.4 Å². The van der Waals surface area contributed by atoms with Crippen molar-refractivity contribution in [3.63, 3.8) is 0 Å². The highest BCUT2D eigenvalue weighted by molar-refractivity contribution is 7.91. The quantitative estimate of drug-likeness (QED) is 0.524. The molecule has 2 fully saturated rings. The fourth-order valence-corrected chi connectivity index (χ4v) is 6.67. The van der Waals surface area contributed by atoms with E-state index in [0.29, 0.717) is 47.6 Å². The lowest BCUT2D eigenvalue weighted by molar-refractivity contribution is 0.0697. The first kappa shape index (κ1) is 22.1. The second-order valence-electron chi connectivity index (χ2n) is 8.17. The Morgan fingerprint density at radius 2 is 1.97 bits per heavy atom. The summed E-state index contributed by atoms with van der Waals surface area (Å²) in [6.45, 7) is 1.12. The maximum atomic E-state index is 13.2. The molecule has 174 valence electrons. The van der Waals surface area contributed by atoms with Gasteiger partial charge in [0.2, 0.25) is 11.7 Å². The van der Waals surface area contributed by atoms with Crippen LogP contribution in [0.25, 0.3) is 11.4 Å².